The van der Waals surface area contributed by atoms with Crippen molar-refractivity contribution in [3.05, 3.63) is 65.3 Å². The van der Waals surface area contributed by atoms with E-state index in [4.69, 9.17) is 0 Å². The van der Waals surface area contributed by atoms with Crippen LogP contribution >= 0.6 is 11.3 Å². The first-order valence-electron chi connectivity index (χ1n) is 9.71. The van der Waals surface area contributed by atoms with Gasteiger partial charge in [0.05, 0.1) is 10.6 Å². The molecule has 0 radical (unpaired) electrons. The highest BCUT2D eigenvalue weighted by atomic mass is 32.2. The maximum Gasteiger partial charge on any atom is 0.243 e. The lowest BCUT2D eigenvalue weighted by Gasteiger charge is -2.30. The van der Waals surface area contributed by atoms with E-state index in [0.717, 1.165) is 17.7 Å². The predicted molar refractivity (Wildman–Crippen MR) is 114 cm³/mol. The molecule has 6 nitrogen and oxygen atoms in total. The Morgan fingerprint density at radius 3 is 2.38 bits per heavy atom. The van der Waals surface area contributed by atoms with Gasteiger partial charge in [-0.1, -0.05) is 0 Å². The molecule has 1 N–H and O–H groups in total. The molecule has 1 aliphatic rings. The van der Waals surface area contributed by atoms with Gasteiger partial charge >= 0.3 is 0 Å². The van der Waals surface area contributed by atoms with Crippen molar-refractivity contribution in [3.63, 3.8) is 0 Å². The van der Waals surface area contributed by atoms with Gasteiger partial charge in [-0.2, -0.15) is 4.31 Å². The number of amides is 1. The van der Waals surface area contributed by atoms with Crippen LogP contribution in [0.1, 0.15) is 12.8 Å². The summed E-state index contributed by atoms with van der Waals surface area (Å²) in [6.07, 6.45) is 0.565. The van der Waals surface area contributed by atoms with E-state index in [2.05, 4.69) is 10.3 Å². The SMILES string of the molecule is O=C(Nc1nc(-c2ccc(F)cc2)cs1)C1CCN(S(=O)(=O)c2ccc(F)c(F)c2)CC1. The number of hydrogen-bond acceptors (Lipinski definition) is 5. The van der Waals surface area contributed by atoms with Gasteiger partial charge in [-0.3, -0.25) is 4.79 Å². The third kappa shape index (κ3) is 4.69. The Bertz CT molecular complexity index is 1240. The molecule has 0 bridgehead atoms. The summed E-state index contributed by atoms with van der Waals surface area (Å²) in [5.74, 6) is -3.39. The van der Waals surface area contributed by atoms with Crippen molar-refractivity contribution < 1.29 is 26.4 Å². The van der Waals surface area contributed by atoms with Gasteiger partial charge in [0.15, 0.2) is 16.8 Å². The second-order valence-electron chi connectivity index (χ2n) is 7.29. The van der Waals surface area contributed by atoms with Crippen LogP contribution in [0.3, 0.4) is 0 Å². The minimum atomic E-state index is -3.98. The molecule has 0 spiro atoms. The molecule has 1 aromatic heterocycles. The summed E-state index contributed by atoms with van der Waals surface area (Å²) in [5, 5.41) is 4.89. The minimum Gasteiger partial charge on any atom is -0.302 e. The first-order valence-corrected chi connectivity index (χ1v) is 12.0. The topological polar surface area (TPSA) is 79.4 Å². The second kappa shape index (κ2) is 9.00. The van der Waals surface area contributed by atoms with Gasteiger partial charge in [0.2, 0.25) is 15.9 Å². The summed E-state index contributed by atoms with van der Waals surface area (Å²) >= 11 is 1.24. The van der Waals surface area contributed by atoms with E-state index in [1.54, 1.807) is 17.5 Å². The third-order valence-corrected chi connectivity index (χ3v) is 7.88. The fourth-order valence-electron chi connectivity index (χ4n) is 3.44. The molecular formula is C21H18F3N3O3S2. The number of nitrogens with one attached hydrogen (secondary N) is 1. The van der Waals surface area contributed by atoms with E-state index < -0.39 is 27.6 Å². The number of anilines is 1. The molecular weight excluding hydrogens is 463 g/mol. The summed E-state index contributed by atoms with van der Waals surface area (Å²) < 4.78 is 66.2. The minimum absolute atomic E-state index is 0.0815. The van der Waals surface area contributed by atoms with Gasteiger partial charge in [0.1, 0.15) is 5.82 Å². The molecule has 4 rings (SSSR count). The Kier molecular flexibility index (Phi) is 6.31. The lowest BCUT2D eigenvalue weighted by Crippen LogP contribution is -2.41. The normalized spacial score (nSPS) is 15.6. The molecule has 2 aromatic carbocycles. The lowest BCUT2D eigenvalue weighted by molar-refractivity contribution is -0.120. The van der Waals surface area contributed by atoms with E-state index in [9.17, 15) is 26.4 Å². The summed E-state index contributed by atoms with van der Waals surface area (Å²) in [4.78, 5) is 16.6. The van der Waals surface area contributed by atoms with Crippen LogP contribution in [-0.2, 0) is 14.8 Å². The molecule has 0 atom stereocenters. The van der Waals surface area contributed by atoms with Crippen LogP contribution < -0.4 is 5.32 Å². The van der Waals surface area contributed by atoms with Crippen LogP contribution in [0.25, 0.3) is 11.3 Å². The fourth-order valence-corrected chi connectivity index (χ4v) is 5.64. The molecule has 1 fully saturated rings. The number of rotatable bonds is 5. The van der Waals surface area contributed by atoms with Crippen LogP contribution in [0.2, 0.25) is 0 Å². The van der Waals surface area contributed by atoms with Crippen molar-refractivity contribution in [3.8, 4) is 11.3 Å². The molecule has 0 aliphatic carbocycles. The van der Waals surface area contributed by atoms with E-state index in [1.165, 1.54) is 27.8 Å². The Hall–Kier alpha value is -2.76. The Balaban J connectivity index is 1.36. The van der Waals surface area contributed by atoms with Crippen molar-refractivity contribution in [2.75, 3.05) is 18.4 Å². The highest BCUT2D eigenvalue weighted by Gasteiger charge is 2.32. The van der Waals surface area contributed by atoms with Gasteiger partial charge in [-0.25, -0.2) is 26.6 Å². The second-order valence-corrected chi connectivity index (χ2v) is 10.1. The van der Waals surface area contributed by atoms with E-state index in [0.29, 0.717) is 16.9 Å². The van der Waals surface area contributed by atoms with Crippen molar-refractivity contribution in [2.45, 2.75) is 17.7 Å². The first-order chi connectivity index (χ1) is 15.2. The van der Waals surface area contributed by atoms with Gasteiger partial charge in [0, 0.05) is 30.0 Å². The fraction of sp³-hybridized carbons (Fsp3) is 0.238. The average Bonchev–Trinajstić information content (AvgIpc) is 3.24. The van der Waals surface area contributed by atoms with Crippen LogP contribution in [0.15, 0.2) is 52.7 Å². The summed E-state index contributed by atoms with van der Waals surface area (Å²) in [6, 6.07) is 8.30. The molecule has 168 valence electrons. The van der Waals surface area contributed by atoms with Crippen molar-refractivity contribution in [1.29, 1.82) is 0 Å². The number of benzene rings is 2. The number of carbonyl (C=O) groups is 1. The largest absolute Gasteiger partial charge is 0.302 e. The molecule has 0 saturated carbocycles. The highest BCUT2D eigenvalue weighted by Crippen LogP contribution is 2.28. The third-order valence-electron chi connectivity index (χ3n) is 5.23. The van der Waals surface area contributed by atoms with Crippen LogP contribution in [0, 0.1) is 23.4 Å². The first kappa shape index (κ1) is 22.4. The maximum atomic E-state index is 13.4. The smallest absolute Gasteiger partial charge is 0.243 e. The monoisotopic (exact) mass is 481 g/mol. The number of nitrogens with zero attached hydrogens (tertiary/aromatic N) is 2. The number of thiazole rings is 1. The van der Waals surface area contributed by atoms with Crippen molar-refractivity contribution in [2.24, 2.45) is 5.92 Å². The van der Waals surface area contributed by atoms with Gasteiger partial charge < -0.3 is 5.32 Å². The predicted octanol–water partition coefficient (Wildman–Crippen LogP) is 4.27. The van der Waals surface area contributed by atoms with Gasteiger partial charge in [-0.05, 0) is 55.3 Å². The summed E-state index contributed by atoms with van der Waals surface area (Å²) in [7, 11) is -3.98. The molecule has 1 saturated heterocycles. The quantitative estimate of drug-likeness (QED) is 0.591. The van der Waals surface area contributed by atoms with E-state index >= 15 is 0 Å². The summed E-state index contributed by atoms with van der Waals surface area (Å²) in [5.41, 5.74) is 1.33. The number of halogens is 3. The van der Waals surface area contributed by atoms with Gasteiger partial charge in [-0.15, -0.1) is 11.3 Å². The van der Waals surface area contributed by atoms with Crippen molar-refractivity contribution >= 4 is 32.4 Å². The zero-order chi connectivity index (χ0) is 22.9. The number of carbonyl (C=O) groups excluding carboxylic acids is 1. The maximum absolute atomic E-state index is 13.4. The molecule has 1 aliphatic heterocycles. The molecule has 2 heterocycles. The molecule has 11 heteroatoms. The van der Waals surface area contributed by atoms with Crippen LogP contribution in [0.5, 0.6) is 0 Å². The molecule has 0 unspecified atom stereocenters. The Morgan fingerprint density at radius 1 is 1.03 bits per heavy atom. The lowest BCUT2D eigenvalue weighted by atomic mass is 9.97. The standard InChI is InChI=1S/C21H18F3N3O3S2/c22-15-3-1-13(2-4-15)19-12-31-21(25-19)26-20(28)14-7-9-27(10-8-14)32(29,30)16-5-6-17(23)18(24)11-16/h1-6,11-12,14H,7-10H2,(H,25,26,28). The summed E-state index contributed by atoms with van der Waals surface area (Å²) in [6.45, 7) is 0.163. The van der Waals surface area contributed by atoms with Crippen LogP contribution in [-0.4, -0.2) is 36.7 Å². The zero-order valence-corrected chi connectivity index (χ0v) is 18.2. The number of sulfonamides is 1. The number of aromatic nitrogens is 1. The van der Waals surface area contributed by atoms with E-state index in [-0.39, 0.29) is 42.6 Å². The zero-order valence-electron chi connectivity index (χ0n) is 16.6. The molecule has 3 aromatic rings. The average molecular weight is 482 g/mol. The van der Waals surface area contributed by atoms with Crippen LogP contribution in [0.4, 0.5) is 18.3 Å². The van der Waals surface area contributed by atoms with E-state index in [1.807, 2.05) is 0 Å². The van der Waals surface area contributed by atoms with Crippen molar-refractivity contribution in [1.82, 2.24) is 9.29 Å². The van der Waals surface area contributed by atoms with Gasteiger partial charge in [0.25, 0.3) is 0 Å². The highest BCUT2D eigenvalue weighted by molar-refractivity contribution is 7.89. The Labute approximate surface area is 186 Å². The number of piperidine rings is 1. The number of hydrogen-bond donors (Lipinski definition) is 1. The molecule has 32 heavy (non-hydrogen) atoms. The Morgan fingerprint density at radius 2 is 1.72 bits per heavy atom. The molecule has 1 amide bonds.